The quantitative estimate of drug-likeness (QED) is 0.456. The maximum Gasteiger partial charge on any atom is 0.147 e. The molecule has 0 amide bonds. The SMILES string of the molecule is CCCCCCCSSC[C@H](NC)C(C)=O. The molecule has 96 valence electrons. The molecule has 16 heavy (non-hydrogen) atoms. The molecular formula is C12H25NOS2. The maximum atomic E-state index is 11.1. The molecule has 0 aromatic carbocycles. The van der Waals surface area contributed by atoms with Crippen molar-refractivity contribution in [2.24, 2.45) is 0 Å². The fourth-order valence-corrected chi connectivity index (χ4v) is 3.82. The monoisotopic (exact) mass is 263 g/mol. The van der Waals surface area contributed by atoms with E-state index in [9.17, 15) is 4.79 Å². The van der Waals surface area contributed by atoms with Crippen molar-refractivity contribution >= 4 is 27.4 Å². The summed E-state index contributed by atoms with van der Waals surface area (Å²) in [6.45, 7) is 3.89. The lowest BCUT2D eigenvalue weighted by atomic mass is 10.2. The van der Waals surface area contributed by atoms with Crippen molar-refractivity contribution in [2.45, 2.75) is 52.0 Å². The van der Waals surface area contributed by atoms with Gasteiger partial charge >= 0.3 is 0 Å². The van der Waals surface area contributed by atoms with Crippen molar-refractivity contribution in [3.8, 4) is 0 Å². The average Bonchev–Trinajstić information content (AvgIpc) is 2.26. The number of carbonyl (C=O) groups is 1. The number of likely N-dealkylation sites (N-methyl/N-ethyl adjacent to an activating group) is 1. The van der Waals surface area contributed by atoms with Crippen LogP contribution in [-0.4, -0.2) is 30.4 Å². The highest BCUT2D eigenvalue weighted by atomic mass is 33.1. The number of hydrogen-bond acceptors (Lipinski definition) is 4. The predicted molar refractivity (Wildman–Crippen MR) is 77.2 cm³/mol. The summed E-state index contributed by atoms with van der Waals surface area (Å²) < 4.78 is 0. The molecule has 2 nitrogen and oxygen atoms in total. The van der Waals surface area contributed by atoms with Crippen LogP contribution in [0.1, 0.15) is 46.0 Å². The second-order valence-electron chi connectivity index (χ2n) is 3.97. The molecule has 0 heterocycles. The Labute approximate surface area is 108 Å². The minimum atomic E-state index is 0.0255. The summed E-state index contributed by atoms with van der Waals surface area (Å²) in [4.78, 5) is 11.1. The van der Waals surface area contributed by atoms with E-state index in [0.29, 0.717) is 0 Å². The molecule has 0 spiro atoms. The Balaban J connectivity index is 3.22. The third-order valence-corrected chi connectivity index (χ3v) is 4.99. The molecule has 0 bridgehead atoms. The third-order valence-electron chi connectivity index (χ3n) is 2.49. The zero-order valence-electron chi connectivity index (χ0n) is 10.8. The minimum absolute atomic E-state index is 0.0255. The second kappa shape index (κ2) is 11.8. The number of nitrogens with one attached hydrogen (secondary N) is 1. The second-order valence-corrected chi connectivity index (χ2v) is 6.60. The van der Waals surface area contributed by atoms with Crippen LogP contribution in [0.25, 0.3) is 0 Å². The first-order valence-electron chi connectivity index (χ1n) is 6.14. The van der Waals surface area contributed by atoms with Gasteiger partial charge in [0.25, 0.3) is 0 Å². The topological polar surface area (TPSA) is 29.1 Å². The lowest BCUT2D eigenvalue weighted by Gasteiger charge is -2.11. The molecule has 0 aliphatic carbocycles. The number of hydrogen-bond donors (Lipinski definition) is 1. The van der Waals surface area contributed by atoms with Gasteiger partial charge in [0, 0.05) is 11.5 Å². The van der Waals surface area contributed by atoms with Gasteiger partial charge in [0.1, 0.15) is 5.78 Å². The van der Waals surface area contributed by atoms with Crippen LogP contribution in [0, 0.1) is 0 Å². The molecular weight excluding hydrogens is 238 g/mol. The zero-order chi connectivity index (χ0) is 12.2. The summed E-state index contributed by atoms with van der Waals surface area (Å²) in [6.07, 6.45) is 6.70. The Kier molecular flexibility index (Phi) is 12.0. The summed E-state index contributed by atoms with van der Waals surface area (Å²) in [7, 11) is 5.56. The van der Waals surface area contributed by atoms with E-state index in [1.165, 1.54) is 37.9 Å². The van der Waals surface area contributed by atoms with Crippen molar-refractivity contribution in [1.82, 2.24) is 5.32 Å². The van der Waals surface area contributed by atoms with E-state index < -0.39 is 0 Å². The Morgan fingerprint density at radius 2 is 1.88 bits per heavy atom. The highest BCUT2D eigenvalue weighted by Crippen LogP contribution is 2.23. The van der Waals surface area contributed by atoms with Crippen LogP contribution < -0.4 is 5.32 Å². The predicted octanol–water partition coefficient (Wildman–Crippen LogP) is 3.52. The van der Waals surface area contributed by atoms with Gasteiger partial charge in [0.15, 0.2) is 0 Å². The summed E-state index contributed by atoms with van der Waals surface area (Å²) in [6, 6.07) is 0.0255. The lowest BCUT2D eigenvalue weighted by Crippen LogP contribution is -2.34. The summed E-state index contributed by atoms with van der Waals surface area (Å²) >= 11 is 0. The molecule has 0 fully saturated rings. The van der Waals surface area contributed by atoms with Gasteiger partial charge in [-0.15, -0.1) is 0 Å². The van der Waals surface area contributed by atoms with Crippen molar-refractivity contribution < 1.29 is 4.79 Å². The highest BCUT2D eigenvalue weighted by molar-refractivity contribution is 8.76. The molecule has 0 aromatic rings. The van der Waals surface area contributed by atoms with Crippen LogP contribution in [0.4, 0.5) is 0 Å². The normalized spacial score (nSPS) is 12.7. The Morgan fingerprint density at radius 1 is 1.19 bits per heavy atom. The van der Waals surface area contributed by atoms with Crippen molar-refractivity contribution in [3.63, 3.8) is 0 Å². The summed E-state index contributed by atoms with van der Waals surface area (Å²) in [5.41, 5.74) is 0. The largest absolute Gasteiger partial charge is 0.310 e. The van der Waals surface area contributed by atoms with E-state index in [2.05, 4.69) is 12.2 Å². The standard InChI is InChI=1S/C12H25NOS2/c1-4-5-6-7-8-9-15-16-10-12(13-3)11(2)14/h12-13H,4-10H2,1-3H3/t12-/m0/s1. The van der Waals surface area contributed by atoms with Crippen LogP contribution in [0.5, 0.6) is 0 Å². The van der Waals surface area contributed by atoms with E-state index in [1.54, 1.807) is 6.92 Å². The number of rotatable bonds is 11. The van der Waals surface area contributed by atoms with Gasteiger partial charge < -0.3 is 5.32 Å². The van der Waals surface area contributed by atoms with Crippen molar-refractivity contribution in [2.75, 3.05) is 18.6 Å². The average molecular weight is 263 g/mol. The first-order chi connectivity index (χ1) is 7.72. The van der Waals surface area contributed by atoms with E-state index >= 15 is 0 Å². The smallest absolute Gasteiger partial charge is 0.147 e. The van der Waals surface area contributed by atoms with Crippen LogP contribution in [-0.2, 0) is 4.79 Å². The van der Waals surface area contributed by atoms with Crippen molar-refractivity contribution in [1.29, 1.82) is 0 Å². The Morgan fingerprint density at radius 3 is 2.44 bits per heavy atom. The number of unbranched alkanes of at least 4 members (excludes halogenated alkanes) is 4. The molecule has 0 radical (unpaired) electrons. The molecule has 0 rings (SSSR count). The highest BCUT2D eigenvalue weighted by Gasteiger charge is 2.10. The first-order valence-corrected chi connectivity index (χ1v) is 8.63. The first kappa shape index (κ1) is 16.3. The van der Waals surface area contributed by atoms with Gasteiger partial charge in [-0.3, -0.25) is 4.79 Å². The molecule has 0 aromatic heterocycles. The van der Waals surface area contributed by atoms with Crippen LogP contribution >= 0.6 is 21.6 Å². The molecule has 0 saturated heterocycles. The molecule has 0 aliphatic heterocycles. The molecule has 4 heteroatoms. The molecule has 0 saturated carbocycles. The number of carbonyl (C=O) groups excluding carboxylic acids is 1. The molecule has 1 atom stereocenters. The van der Waals surface area contributed by atoms with Gasteiger partial charge in [-0.2, -0.15) is 0 Å². The Hall–Kier alpha value is 0.330. The maximum absolute atomic E-state index is 11.1. The lowest BCUT2D eigenvalue weighted by molar-refractivity contribution is -0.118. The van der Waals surface area contributed by atoms with E-state index in [4.69, 9.17) is 0 Å². The molecule has 0 unspecified atom stereocenters. The minimum Gasteiger partial charge on any atom is -0.310 e. The summed E-state index contributed by atoms with van der Waals surface area (Å²) in [5.74, 6) is 2.33. The van der Waals surface area contributed by atoms with Crippen molar-refractivity contribution in [3.05, 3.63) is 0 Å². The van der Waals surface area contributed by atoms with E-state index in [0.717, 1.165) is 5.75 Å². The van der Waals surface area contributed by atoms with Gasteiger partial charge in [0.05, 0.1) is 6.04 Å². The van der Waals surface area contributed by atoms with E-state index in [1.807, 2.05) is 28.6 Å². The fraction of sp³-hybridized carbons (Fsp3) is 0.917. The summed E-state index contributed by atoms with van der Waals surface area (Å²) in [5, 5.41) is 3.04. The Bertz CT molecular complexity index is 176. The van der Waals surface area contributed by atoms with Gasteiger partial charge in [-0.05, 0) is 20.4 Å². The molecule has 0 aliphatic rings. The fourth-order valence-electron chi connectivity index (χ4n) is 1.34. The van der Waals surface area contributed by atoms with E-state index in [-0.39, 0.29) is 11.8 Å². The van der Waals surface area contributed by atoms with Gasteiger partial charge in [0.2, 0.25) is 0 Å². The third kappa shape index (κ3) is 9.55. The van der Waals surface area contributed by atoms with Gasteiger partial charge in [-0.25, -0.2) is 0 Å². The molecule has 1 N–H and O–H groups in total. The number of ketones is 1. The van der Waals surface area contributed by atoms with Crippen LogP contribution in [0.2, 0.25) is 0 Å². The van der Waals surface area contributed by atoms with Crippen LogP contribution in [0.3, 0.4) is 0 Å². The van der Waals surface area contributed by atoms with Crippen LogP contribution in [0.15, 0.2) is 0 Å². The zero-order valence-corrected chi connectivity index (χ0v) is 12.4. The number of Topliss-reactive ketones (excluding diaryl/α,β-unsaturated/α-hetero) is 1. The van der Waals surface area contributed by atoms with Gasteiger partial charge in [-0.1, -0.05) is 54.2 Å².